The highest BCUT2D eigenvalue weighted by Crippen LogP contribution is 2.40. The molecule has 0 radical (unpaired) electrons. The average molecular weight is 391 g/mol. The van der Waals surface area contributed by atoms with E-state index in [0.29, 0.717) is 19.4 Å². The lowest BCUT2D eigenvalue weighted by molar-refractivity contribution is -0.208. The summed E-state index contributed by atoms with van der Waals surface area (Å²) in [6.45, 7) is 6.89. The highest BCUT2D eigenvalue weighted by atomic mass is 16.5. The summed E-state index contributed by atoms with van der Waals surface area (Å²) < 4.78 is 6.12. The first-order valence-corrected chi connectivity index (χ1v) is 10.3. The van der Waals surface area contributed by atoms with Crippen molar-refractivity contribution in [1.82, 2.24) is 15.2 Å². The van der Waals surface area contributed by atoms with Gasteiger partial charge in [0.15, 0.2) is 0 Å². The van der Waals surface area contributed by atoms with Gasteiger partial charge in [0.2, 0.25) is 5.91 Å². The highest BCUT2D eigenvalue weighted by Gasteiger charge is 2.53. The molecule has 0 aromatic carbocycles. The Bertz CT molecular complexity index is 671. The zero-order valence-corrected chi connectivity index (χ0v) is 17.6. The molecule has 3 heterocycles. The summed E-state index contributed by atoms with van der Waals surface area (Å²) in [5, 5.41) is 14.2. The van der Waals surface area contributed by atoms with Gasteiger partial charge in [0.1, 0.15) is 11.9 Å². The van der Waals surface area contributed by atoms with E-state index in [1.165, 1.54) is 5.56 Å². The molecule has 7 nitrogen and oxygen atoms in total. The van der Waals surface area contributed by atoms with E-state index in [-0.39, 0.29) is 5.91 Å². The lowest BCUT2D eigenvalue weighted by Gasteiger charge is -2.53. The Hall–Kier alpha value is -1.70. The van der Waals surface area contributed by atoms with E-state index in [4.69, 9.17) is 4.74 Å². The molecule has 7 heteroatoms. The van der Waals surface area contributed by atoms with E-state index in [9.17, 15) is 9.90 Å². The SMILES string of the molecule is CCC(=O)N[C@@]1(C)CCOC2(CCN(Cc3ccc(N(C)C)nc3)CC2)[C@@H]1O. The number of rotatable bonds is 5. The number of nitrogens with zero attached hydrogens (tertiary/aromatic N) is 3. The van der Waals surface area contributed by atoms with Crippen molar-refractivity contribution in [1.29, 1.82) is 0 Å². The number of aliphatic hydroxyl groups is 1. The minimum Gasteiger partial charge on any atom is -0.388 e. The number of nitrogens with one attached hydrogen (secondary N) is 1. The summed E-state index contributed by atoms with van der Waals surface area (Å²) in [6, 6.07) is 4.16. The maximum absolute atomic E-state index is 11.9. The second-order valence-electron chi connectivity index (χ2n) is 8.58. The number of amides is 1. The quantitative estimate of drug-likeness (QED) is 0.794. The summed E-state index contributed by atoms with van der Waals surface area (Å²) in [5.74, 6) is 0.929. The van der Waals surface area contributed by atoms with Crippen molar-refractivity contribution < 1.29 is 14.6 Å². The first-order chi connectivity index (χ1) is 13.3. The predicted molar refractivity (Wildman–Crippen MR) is 109 cm³/mol. The smallest absolute Gasteiger partial charge is 0.220 e. The van der Waals surface area contributed by atoms with Crippen LogP contribution in [-0.2, 0) is 16.1 Å². The molecule has 3 rings (SSSR count). The predicted octanol–water partition coefficient (Wildman–Crippen LogP) is 1.55. The second kappa shape index (κ2) is 8.35. The van der Waals surface area contributed by atoms with Crippen LogP contribution in [-0.4, -0.2) is 71.9 Å². The fourth-order valence-corrected chi connectivity index (χ4v) is 4.34. The monoisotopic (exact) mass is 390 g/mol. The maximum Gasteiger partial charge on any atom is 0.220 e. The summed E-state index contributed by atoms with van der Waals surface area (Å²) in [7, 11) is 3.97. The van der Waals surface area contributed by atoms with Gasteiger partial charge < -0.3 is 20.1 Å². The first kappa shape index (κ1) is 21.0. The number of pyridine rings is 1. The fourth-order valence-electron chi connectivity index (χ4n) is 4.34. The first-order valence-electron chi connectivity index (χ1n) is 10.3. The Morgan fingerprint density at radius 1 is 1.36 bits per heavy atom. The van der Waals surface area contributed by atoms with Gasteiger partial charge in [0.25, 0.3) is 0 Å². The lowest BCUT2D eigenvalue weighted by Crippen LogP contribution is -2.69. The zero-order valence-electron chi connectivity index (χ0n) is 17.6. The van der Waals surface area contributed by atoms with Crippen LogP contribution in [0.15, 0.2) is 18.3 Å². The molecule has 0 saturated carbocycles. The van der Waals surface area contributed by atoms with Crippen molar-refractivity contribution in [2.24, 2.45) is 0 Å². The van der Waals surface area contributed by atoms with Gasteiger partial charge in [0, 0.05) is 53.0 Å². The van der Waals surface area contributed by atoms with E-state index in [1.54, 1.807) is 0 Å². The molecule has 28 heavy (non-hydrogen) atoms. The molecular formula is C21H34N4O3. The largest absolute Gasteiger partial charge is 0.388 e. The van der Waals surface area contributed by atoms with Crippen molar-refractivity contribution in [3.8, 4) is 0 Å². The fraction of sp³-hybridized carbons (Fsp3) is 0.714. The van der Waals surface area contributed by atoms with Crippen LogP contribution in [0.1, 0.15) is 45.1 Å². The van der Waals surface area contributed by atoms with Gasteiger partial charge in [0.05, 0.1) is 11.1 Å². The van der Waals surface area contributed by atoms with Gasteiger partial charge in [-0.2, -0.15) is 0 Å². The number of ether oxygens (including phenoxy) is 1. The molecule has 2 fully saturated rings. The van der Waals surface area contributed by atoms with Crippen LogP contribution >= 0.6 is 0 Å². The summed E-state index contributed by atoms with van der Waals surface area (Å²) in [5.41, 5.74) is -0.0107. The van der Waals surface area contributed by atoms with Crippen LogP contribution in [0, 0.1) is 0 Å². The maximum atomic E-state index is 11.9. The zero-order chi connectivity index (χ0) is 20.4. The molecule has 2 N–H and O–H groups in total. The Morgan fingerprint density at radius 3 is 2.64 bits per heavy atom. The van der Waals surface area contributed by atoms with Gasteiger partial charge in [-0.1, -0.05) is 13.0 Å². The van der Waals surface area contributed by atoms with Crippen LogP contribution in [0.4, 0.5) is 5.82 Å². The third-order valence-electron chi connectivity index (χ3n) is 6.23. The van der Waals surface area contributed by atoms with Gasteiger partial charge in [-0.25, -0.2) is 4.98 Å². The number of aromatic nitrogens is 1. The molecule has 0 aliphatic carbocycles. The summed E-state index contributed by atoms with van der Waals surface area (Å²) in [4.78, 5) is 20.8. The normalized spacial score (nSPS) is 27.5. The Kier molecular flexibility index (Phi) is 6.27. The van der Waals surface area contributed by atoms with Crippen molar-refractivity contribution in [3.63, 3.8) is 0 Å². The lowest BCUT2D eigenvalue weighted by atomic mass is 9.73. The molecule has 1 spiro atoms. The van der Waals surface area contributed by atoms with Crippen molar-refractivity contribution in [3.05, 3.63) is 23.9 Å². The molecule has 1 aromatic heterocycles. The van der Waals surface area contributed by atoms with Crippen LogP contribution in [0.3, 0.4) is 0 Å². The molecule has 2 aliphatic rings. The number of aliphatic hydroxyl groups excluding tert-OH is 1. The molecule has 2 aliphatic heterocycles. The van der Waals surface area contributed by atoms with Crippen LogP contribution in [0.25, 0.3) is 0 Å². The van der Waals surface area contributed by atoms with Crippen molar-refractivity contribution in [2.45, 2.75) is 63.3 Å². The van der Waals surface area contributed by atoms with Crippen LogP contribution < -0.4 is 10.2 Å². The van der Waals surface area contributed by atoms with Gasteiger partial charge in [-0.3, -0.25) is 9.69 Å². The van der Waals surface area contributed by atoms with Crippen molar-refractivity contribution >= 4 is 11.7 Å². The number of anilines is 1. The molecule has 156 valence electrons. The van der Waals surface area contributed by atoms with E-state index >= 15 is 0 Å². The van der Waals surface area contributed by atoms with E-state index < -0.39 is 17.2 Å². The Morgan fingerprint density at radius 2 is 2.07 bits per heavy atom. The Balaban J connectivity index is 1.61. The van der Waals surface area contributed by atoms with Gasteiger partial charge in [-0.05, 0) is 37.8 Å². The number of hydrogen-bond donors (Lipinski definition) is 2. The van der Waals surface area contributed by atoms with Crippen LogP contribution in [0.5, 0.6) is 0 Å². The minimum atomic E-state index is -0.701. The minimum absolute atomic E-state index is 0.0234. The van der Waals surface area contributed by atoms with Gasteiger partial charge in [-0.15, -0.1) is 0 Å². The average Bonchev–Trinajstić information content (AvgIpc) is 2.68. The van der Waals surface area contributed by atoms with Crippen molar-refractivity contribution in [2.75, 3.05) is 38.7 Å². The molecule has 0 unspecified atom stereocenters. The summed E-state index contributed by atoms with van der Waals surface area (Å²) in [6.07, 6.45) is 3.81. The molecule has 1 amide bonds. The standard InChI is InChI=1S/C21H34N4O3/c1-5-18(26)23-20(2)10-13-28-21(19(20)27)8-11-25(12-9-21)15-16-6-7-17(22-14-16)24(3)4/h6-7,14,19,27H,5,8-13,15H2,1-4H3,(H,23,26)/t19-,20+/m1/s1. The second-order valence-corrected chi connectivity index (χ2v) is 8.58. The number of carbonyl (C=O) groups is 1. The van der Waals surface area contributed by atoms with E-state index in [2.05, 4.69) is 21.3 Å². The van der Waals surface area contributed by atoms with E-state index in [1.807, 2.05) is 45.1 Å². The molecule has 2 saturated heterocycles. The third-order valence-corrected chi connectivity index (χ3v) is 6.23. The highest BCUT2D eigenvalue weighted by molar-refractivity contribution is 5.76. The van der Waals surface area contributed by atoms with Gasteiger partial charge >= 0.3 is 0 Å². The molecule has 1 aromatic rings. The number of piperidine rings is 1. The number of likely N-dealkylation sites (tertiary alicyclic amines) is 1. The third kappa shape index (κ3) is 4.31. The molecule has 2 atom stereocenters. The van der Waals surface area contributed by atoms with Crippen LogP contribution in [0.2, 0.25) is 0 Å². The van der Waals surface area contributed by atoms with E-state index in [0.717, 1.165) is 38.3 Å². The number of carbonyl (C=O) groups excluding carboxylic acids is 1. The molecule has 0 bridgehead atoms. The summed E-state index contributed by atoms with van der Waals surface area (Å²) >= 11 is 0. The molecular weight excluding hydrogens is 356 g/mol. The topological polar surface area (TPSA) is 77.9 Å². The number of hydrogen-bond acceptors (Lipinski definition) is 6. The Labute approximate surface area is 168 Å².